The molecule has 1 N–H and O–H groups in total. The molecule has 1 unspecified atom stereocenters. The van der Waals surface area contributed by atoms with Crippen LogP contribution < -0.4 is 10.1 Å². The second kappa shape index (κ2) is 8.46. The normalized spacial score (nSPS) is 15.9. The van der Waals surface area contributed by atoms with Crippen LogP contribution in [-0.2, 0) is 10.0 Å². The van der Waals surface area contributed by atoms with E-state index in [0.29, 0.717) is 13.1 Å². The first-order valence-electron chi connectivity index (χ1n) is 9.18. The van der Waals surface area contributed by atoms with Gasteiger partial charge in [-0.25, -0.2) is 17.2 Å². The van der Waals surface area contributed by atoms with Crippen LogP contribution in [-0.4, -0.2) is 38.8 Å². The molecule has 6 nitrogen and oxygen atoms in total. The van der Waals surface area contributed by atoms with Crippen molar-refractivity contribution in [3.05, 3.63) is 59.2 Å². The smallest absolute Gasteiger partial charge is 0.251 e. The van der Waals surface area contributed by atoms with Gasteiger partial charge in [-0.15, -0.1) is 0 Å². The molecule has 1 aliphatic heterocycles. The first-order valence-corrected chi connectivity index (χ1v) is 10.6. The molecule has 0 aromatic heterocycles. The van der Waals surface area contributed by atoms with Crippen LogP contribution >= 0.6 is 0 Å². The van der Waals surface area contributed by atoms with Crippen molar-refractivity contribution in [3.8, 4) is 5.75 Å². The Morgan fingerprint density at radius 1 is 1.14 bits per heavy atom. The van der Waals surface area contributed by atoms with Gasteiger partial charge in [0.1, 0.15) is 22.3 Å². The zero-order valence-corrected chi connectivity index (χ0v) is 16.9. The lowest BCUT2D eigenvalue weighted by molar-refractivity contribution is 0.0939. The molecule has 0 radical (unpaired) electrons. The molecule has 0 spiro atoms. The van der Waals surface area contributed by atoms with Crippen LogP contribution in [0.3, 0.4) is 0 Å². The van der Waals surface area contributed by atoms with E-state index in [1.807, 2.05) is 0 Å². The van der Waals surface area contributed by atoms with Crippen LogP contribution in [0.4, 0.5) is 8.78 Å². The first-order chi connectivity index (χ1) is 13.7. The van der Waals surface area contributed by atoms with Gasteiger partial charge >= 0.3 is 0 Å². The summed E-state index contributed by atoms with van der Waals surface area (Å²) in [6.45, 7) is 2.39. The van der Waals surface area contributed by atoms with Gasteiger partial charge in [-0.05, 0) is 44.0 Å². The number of nitrogens with zero attached hydrogens (tertiary/aromatic N) is 1. The van der Waals surface area contributed by atoms with Crippen LogP contribution in [0.5, 0.6) is 5.75 Å². The van der Waals surface area contributed by atoms with Crippen molar-refractivity contribution in [2.45, 2.75) is 30.7 Å². The number of hydrogen-bond donors (Lipinski definition) is 1. The lowest BCUT2D eigenvalue weighted by Crippen LogP contribution is -2.30. The predicted molar refractivity (Wildman–Crippen MR) is 103 cm³/mol. The molecule has 0 saturated carbocycles. The van der Waals surface area contributed by atoms with Gasteiger partial charge in [0.15, 0.2) is 0 Å². The Morgan fingerprint density at radius 2 is 1.83 bits per heavy atom. The van der Waals surface area contributed by atoms with Gasteiger partial charge in [0.05, 0.1) is 13.2 Å². The van der Waals surface area contributed by atoms with E-state index >= 15 is 0 Å². The van der Waals surface area contributed by atoms with Gasteiger partial charge in [0.25, 0.3) is 5.91 Å². The van der Waals surface area contributed by atoms with Crippen molar-refractivity contribution in [3.63, 3.8) is 0 Å². The molecule has 1 heterocycles. The topological polar surface area (TPSA) is 75.7 Å². The zero-order valence-electron chi connectivity index (χ0n) is 16.1. The summed E-state index contributed by atoms with van der Waals surface area (Å²) in [5.41, 5.74) is 0.219. The number of amides is 1. The predicted octanol–water partition coefficient (Wildman–Crippen LogP) is 3.25. The van der Waals surface area contributed by atoms with Crippen molar-refractivity contribution < 1.29 is 26.7 Å². The van der Waals surface area contributed by atoms with Gasteiger partial charge in [-0.3, -0.25) is 4.79 Å². The minimum Gasteiger partial charge on any atom is -0.495 e. The third-order valence-corrected chi connectivity index (χ3v) is 6.81. The molecule has 1 atom stereocenters. The van der Waals surface area contributed by atoms with Crippen LogP contribution in [0.15, 0.2) is 41.3 Å². The van der Waals surface area contributed by atoms with Gasteiger partial charge in [-0.1, -0.05) is 6.07 Å². The number of halogens is 2. The molecular weight excluding hydrogens is 402 g/mol. The van der Waals surface area contributed by atoms with E-state index in [9.17, 15) is 22.0 Å². The number of benzene rings is 2. The molecule has 9 heteroatoms. The van der Waals surface area contributed by atoms with Crippen LogP contribution in [0.2, 0.25) is 0 Å². The SMILES string of the molecule is COc1ccc(C(=O)NC(C)c2ccc(F)cc2F)cc1S(=O)(=O)N1CCCC1. The largest absolute Gasteiger partial charge is 0.495 e. The van der Waals surface area contributed by atoms with Crippen molar-refractivity contribution >= 4 is 15.9 Å². The molecule has 29 heavy (non-hydrogen) atoms. The monoisotopic (exact) mass is 424 g/mol. The number of methoxy groups -OCH3 is 1. The summed E-state index contributed by atoms with van der Waals surface area (Å²) in [5.74, 6) is -1.92. The van der Waals surface area contributed by atoms with Crippen LogP contribution in [0.25, 0.3) is 0 Å². The Balaban J connectivity index is 1.87. The summed E-state index contributed by atoms with van der Waals surface area (Å²) in [5, 5.41) is 2.61. The number of nitrogens with one attached hydrogen (secondary N) is 1. The fraction of sp³-hybridized carbons (Fsp3) is 0.350. The molecule has 1 saturated heterocycles. The Bertz CT molecular complexity index is 1020. The van der Waals surface area contributed by atoms with E-state index in [0.717, 1.165) is 25.0 Å². The number of ether oxygens (including phenoxy) is 1. The minimum absolute atomic E-state index is 0.0878. The van der Waals surface area contributed by atoms with E-state index in [1.165, 1.54) is 35.7 Å². The maximum atomic E-state index is 14.0. The Morgan fingerprint density at radius 3 is 2.45 bits per heavy atom. The Kier molecular flexibility index (Phi) is 6.18. The highest BCUT2D eigenvalue weighted by molar-refractivity contribution is 7.89. The summed E-state index contributed by atoms with van der Waals surface area (Å²) < 4.78 is 59.5. The minimum atomic E-state index is -3.80. The maximum absolute atomic E-state index is 14.0. The van der Waals surface area contributed by atoms with E-state index in [-0.39, 0.29) is 21.8 Å². The maximum Gasteiger partial charge on any atom is 0.251 e. The highest BCUT2D eigenvalue weighted by Gasteiger charge is 2.30. The summed E-state index contributed by atoms with van der Waals surface area (Å²) in [7, 11) is -2.44. The second-order valence-corrected chi connectivity index (χ2v) is 8.74. The quantitative estimate of drug-likeness (QED) is 0.773. The van der Waals surface area contributed by atoms with Gasteiger partial charge < -0.3 is 10.1 Å². The van der Waals surface area contributed by atoms with Crippen molar-refractivity contribution in [2.24, 2.45) is 0 Å². The molecule has 1 fully saturated rings. The Hall–Kier alpha value is -2.52. The summed E-state index contributed by atoms with van der Waals surface area (Å²) in [6, 6.07) is 6.47. The zero-order chi connectivity index (χ0) is 21.2. The molecule has 2 aromatic carbocycles. The Labute approximate surface area is 168 Å². The molecular formula is C20H22F2N2O4S. The van der Waals surface area contributed by atoms with Crippen LogP contribution in [0, 0.1) is 11.6 Å². The third kappa shape index (κ3) is 4.40. The fourth-order valence-corrected chi connectivity index (χ4v) is 5.00. The average Bonchev–Trinajstić information content (AvgIpc) is 3.23. The van der Waals surface area contributed by atoms with Crippen molar-refractivity contribution in [2.75, 3.05) is 20.2 Å². The molecule has 1 amide bonds. The molecule has 156 valence electrons. The number of rotatable bonds is 6. The standard InChI is InChI=1S/C20H22F2N2O4S/c1-13(16-7-6-15(21)12-17(16)22)23-20(25)14-5-8-18(28-2)19(11-14)29(26,27)24-9-3-4-10-24/h5-8,11-13H,3-4,9-10H2,1-2H3,(H,23,25). The number of hydrogen-bond acceptors (Lipinski definition) is 4. The van der Waals surface area contributed by atoms with Gasteiger partial charge in [0.2, 0.25) is 10.0 Å². The summed E-state index contributed by atoms with van der Waals surface area (Å²) in [4.78, 5) is 12.6. The number of carbonyl (C=O) groups excluding carboxylic acids is 1. The highest BCUT2D eigenvalue weighted by Crippen LogP contribution is 2.30. The summed E-state index contributed by atoms with van der Waals surface area (Å²) >= 11 is 0. The second-order valence-electron chi connectivity index (χ2n) is 6.84. The summed E-state index contributed by atoms with van der Waals surface area (Å²) in [6.07, 6.45) is 1.56. The molecule has 3 rings (SSSR count). The lowest BCUT2D eigenvalue weighted by Gasteiger charge is -2.19. The average molecular weight is 424 g/mol. The number of carbonyl (C=O) groups is 1. The first kappa shape index (κ1) is 21.2. The molecule has 0 aliphatic carbocycles. The van der Waals surface area contributed by atoms with Crippen LogP contribution in [0.1, 0.15) is 41.7 Å². The van der Waals surface area contributed by atoms with Gasteiger partial charge in [0, 0.05) is 30.3 Å². The molecule has 1 aliphatic rings. The lowest BCUT2D eigenvalue weighted by atomic mass is 10.1. The molecule has 2 aromatic rings. The van der Waals surface area contributed by atoms with E-state index in [2.05, 4.69) is 5.32 Å². The van der Waals surface area contributed by atoms with Crippen molar-refractivity contribution in [1.82, 2.24) is 9.62 Å². The van der Waals surface area contributed by atoms with E-state index < -0.39 is 33.6 Å². The highest BCUT2D eigenvalue weighted by atomic mass is 32.2. The van der Waals surface area contributed by atoms with Gasteiger partial charge in [-0.2, -0.15) is 4.31 Å². The van der Waals surface area contributed by atoms with Crippen molar-refractivity contribution in [1.29, 1.82) is 0 Å². The third-order valence-electron chi connectivity index (χ3n) is 4.89. The van der Waals surface area contributed by atoms with E-state index in [1.54, 1.807) is 6.92 Å². The van der Waals surface area contributed by atoms with E-state index in [4.69, 9.17) is 4.74 Å². The molecule has 0 bridgehead atoms. The number of sulfonamides is 1. The fourth-order valence-electron chi connectivity index (χ4n) is 3.30.